The highest BCUT2D eigenvalue weighted by molar-refractivity contribution is 5.93. The molecule has 4 N–H and O–H groups in total. The molecule has 4 rings (SSSR count). The molecule has 10 heteroatoms. The van der Waals surface area contributed by atoms with E-state index in [-0.39, 0.29) is 24.1 Å². The highest BCUT2D eigenvalue weighted by atomic mass is 19.1. The minimum atomic E-state index is -1.19. The van der Waals surface area contributed by atoms with Gasteiger partial charge in [0.25, 0.3) is 5.91 Å². The first-order valence-electron chi connectivity index (χ1n) is 15.5. The smallest absolute Gasteiger partial charge is 0.305 e. The number of hydrogen-bond donors (Lipinski definition) is 4. The lowest BCUT2D eigenvalue weighted by molar-refractivity contribution is -0.139. The number of aliphatic carboxylic acids is 1. The van der Waals surface area contributed by atoms with Crippen molar-refractivity contribution < 1.29 is 29.3 Å². The molecule has 2 aromatic heterocycles. The number of benzene rings is 1. The van der Waals surface area contributed by atoms with Crippen LogP contribution in [0.5, 0.6) is 0 Å². The zero-order chi connectivity index (χ0) is 32.7. The normalized spacial score (nSPS) is 14.2. The molecule has 240 valence electrons. The summed E-state index contributed by atoms with van der Waals surface area (Å²) in [6.07, 6.45) is 3.35. The Labute approximate surface area is 263 Å². The maximum Gasteiger partial charge on any atom is 0.305 e. The van der Waals surface area contributed by atoms with Crippen LogP contribution in [0.3, 0.4) is 0 Å². The fourth-order valence-corrected chi connectivity index (χ4v) is 5.68. The molecule has 1 aliphatic carbocycles. The number of pyridine rings is 2. The minimum absolute atomic E-state index is 0.0317. The number of nitrogens with one attached hydrogen (secondary N) is 1. The molecule has 0 spiro atoms. The molecule has 9 nitrogen and oxygen atoms in total. The van der Waals surface area contributed by atoms with Gasteiger partial charge in [0, 0.05) is 24.1 Å². The van der Waals surface area contributed by atoms with Gasteiger partial charge in [-0.25, -0.2) is 9.37 Å². The van der Waals surface area contributed by atoms with Gasteiger partial charge in [-0.1, -0.05) is 38.1 Å². The Morgan fingerprint density at radius 3 is 2.47 bits per heavy atom. The van der Waals surface area contributed by atoms with Gasteiger partial charge >= 0.3 is 5.97 Å². The Bertz CT molecular complexity index is 1540. The molecule has 1 amide bonds. The molecular formula is C35H43FN4O5. The van der Waals surface area contributed by atoms with Crippen molar-refractivity contribution in [3.05, 3.63) is 76.5 Å². The quantitative estimate of drug-likeness (QED) is 0.200. The van der Waals surface area contributed by atoms with Gasteiger partial charge in [0.05, 0.1) is 35.7 Å². The lowest BCUT2D eigenvalue weighted by Crippen LogP contribution is -2.28. The maximum absolute atomic E-state index is 14.0. The fraction of sp³-hybridized carbons (Fsp3) is 0.429. The summed E-state index contributed by atoms with van der Waals surface area (Å²) in [5, 5.41) is 32.6. The molecule has 0 unspecified atom stereocenters. The van der Waals surface area contributed by atoms with Crippen molar-refractivity contribution in [3.8, 4) is 22.4 Å². The van der Waals surface area contributed by atoms with Crippen molar-refractivity contribution in [3.63, 3.8) is 0 Å². The number of fused-ring (bicyclic) bond motifs is 3. The molecule has 2 heterocycles. The number of amides is 1. The van der Waals surface area contributed by atoms with Gasteiger partial charge in [-0.3, -0.25) is 14.6 Å². The van der Waals surface area contributed by atoms with Crippen molar-refractivity contribution in [2.45, 2.75) is 70.5 Å². The number of carboxylic acid groups (broad SMARTS) is 1. The minimum Gasteiger partial charge on any atom is -0.481 e. The van der Waals surface area contributed by atoms with Gasteiger partial charge in [0.1, 0.15) is 11.5 Å². The van der Waals surface area contributed by atoms with E-state index >= 15 is 0 Å². The van der Waals surface area contributed by atoms with E-state index in [2.05, 4.69) is 10.2 Å². The average Bonchev–Trinajstić information content (AvgIpc) is 3.16. The molecule has 0 saturated carbocycles. The zero-order valence-corrected chi connectivity index (χ0v) is 26.4. The van der Waals surface area contributed by atoms with Crippen LogP contribution in [0.1, 0.15) is 78.5 Å². The molecule has 1 aliphatic rings. The predicted octanol–water partition coefficient (Wildman–Crippen LogP) is 4.84. The highest BCUT2D eigenvalue weighted by Crippen LogP contribution is 2.41. The number of aliphatic hydroxyl groups is 2. The number of aromatic nitrogens is 2. The average molecular weight is 619 g/mol. The molecule has 0 saturated heterocycles. The van der Waals surface area contributed by atoms with E-state index < -0.39 is 24.6 Å². The van der Waals surface area contributed by atoms with Crippen LogP contribution in [0.4, 0.5) is 4.39 Å². The van der Waals surface area contributed by atoms with E-state index in [9.17, 15) is 24.2 Å². The first kappa shape index (κ1) is 33.9. The summed E-state index contributed by atoms with van der Waals surface area (Å²) in [5.41, 5.74) is 6.94. The second-order valence-corrected chi connectivity index (χ2v) is 12.1. The van der Waals surface area contributed by atoms with Gasteiger partial charge in [0.2, 0.25) is 0 Å². The summed E-state index contributed by atoms with van der Waals surface area (Å²) >= 11 is 0. The van der Waals surface area contributed by atoms with E-state index in [1.807, 2.05) is 34.0 Å². The number of rotatable bonds is 13. The van der Waals surface area contributed by atoms with E-state index in [1.165, 1.54) is 12.1 Å². The lowest BCUT2D eigenvalue weighted by Gasteiger charge is -2.22. The van der Waals surface area contributed by atoms with Crippen molar-refractivity contribution in [1.82, 2.24) is 20.2 Å². The number of carbonyl (C=O) groups excluding carboxylic acids is 1. The Morgan fingerprint density at radius 2 is 1.80 bits per heavy atom. The number of carboxylic acids is 1. The topological polar surface area (TPSA) is 136 Å². The number of carbonyl (C=O) groups is 2. The Kier molecular flexibility index (Phi) is 11.6. The fourth-order valence-electron chi connectivity index (χ4n) is 5.68. The van der Waals surface area contributed by atoms with Crippen LogP contribution in [0.15, 0.2) is 42.5 Å². The van der Waals surface area contributed by atoms with Gasteiger partial charge in [-0.05, 0) is 93.2 Å². The monoisotopic (exact) mass is 618 g/mol. The molecular weight excluding hydrogens is 575 g/mol. The molecule has 1 aromatic carbocycles. The number of aliphatic hydroxyl groups excluding tert-OH is 2. The first-order chi connectivity index (χ1) is 21.4. The number of aryl methyl sites for hydroxylation is 1. The van der Waals surface area contributed by atoms with Crippen molar-refractivity contribution in [2.75, 3.05) is 27.2 Å². The van der Waals surface area contributed by atoms with Crippen LogP contribution in [0.2, 0.25) is 0 Å². The number of halogens is 1. The Balaban J connectivity index is 1.79. The highest BCUT2D eigenvalue weighted by Gasteiger charge is 2.26. The van der Waals surface area contributed by atoms with Crippen LogP contribution in [-0.4, -0.2) is 81.5 Å². The van der Waals surface area contributed by atoms with E-state index in [1.54, 1.807) is 30.4 Å². The Morgan fingerprint density at radius 1 is 1.07 bits per heavy atom. The standard InChI is InChI=1S/C35H43FN4O5/c1-21(2)33-28(14-13-24(41)19-25(42)20-31(43)44)32(22-9-11-23(36)12-10-22)27-7-5-8-29-26(34(27)39-33)15-16-30(38-29)35(45)37-17-6-18-40(3)4/h9-16,21,24-25,41-42H,5-8,17-20H2,1-4H3,(H,37,45)(H,43,44)/b14-13+/t24-,25-/m1/s1. The van der Waals surface area contributed by atoms with Gasteiger partial charge < -0.3 is 25.5 Å². The Hall–Kier alpha value is -3.99. The van der Waals surface area contributed by atoms with Crippen molar-refractivity contribution >= 4 is 18.0 Å². The largest absolute Gasteiger partial charge is 0.481 e. The summed E-state index contributed by atoms with van der Waals surface area (Å²) in [7, 11) is 3.99. The molecule has 0 aliphatic heterocycles. The SMILES string of the molecule is CC(C)c1nc2c(c(-c3ccc(F)cc3)c1/C=C/[C@@H](O)C[C@@H](O)CC(=O)O)CCCc1nc(C(=O)NCCCN(C)C)ccc1-2. The molecule has 0 radical (unpaired) electrons. The van der Waals surface area contributed by atoms with Crippen LogP contribution in [0, 0.1) is 5.82 Å². The summed E-state index contributed by atoms with van der Waals surface area (Å²) in [4.78, 5) is 35.9. The summed E-state index contributed by atoms with van der Waals surface area (Å²) in [6, 6.07) is 9.93. The van der Waals surface area contributed by atoms with Crippen molar-refractivity contribution in [1.29, 1.82) is 0 Å². The van der Waals surface area contributed by atoms with Crippen LogP contribution >= 0.6 is 0 Å². The lowest BCUT2D eigenvalue weighted by atomic mass is 9.86. The zero-order valence-electron chi connectivity index (χ0n) is 26.4. The molecule has 0 bridgehead atoms. The van der Waals surface area contributed by atoms with Crippen LogP contribution < -0.4 is 5.32 Å². The molecule has 3 aromatic rings. The second kappa shape index (κ2) is 15.3. The van der Waals surface area contributed by atoms with Crippen molar-refractivity contribution in [2.24, 2.45) is 0 Å². The van der Waals surface area contributed by atoms with Crippen LogP contribution in [0.25, 0.3) is 28.5 Å². The molecule has 0 fully saturated rings. The van der Waals surface area contributed by atoms with Gasteiger partial charge in [-0.15, -0.1) is 0 Å². The van der Waals surface area contributed by atoms with Crippen LogP contribution in [-0.2, 0) is 17.6 Å². The number of nitrogens with zero attached hydrogens (tertiary/aromatic N) is 3. The molecule has 2 atom stereocenters. The van der Waals surface area contributed by atoms with Gasteiger partial charge in [-0.2, -0.15) is 0 Å². The third-order valence-corrected chi connectivity index (χ3v) is 7.82. The number of hydrogen-bond acceptors (Lipinski definition) is 7. The third kappa shape index (κ3) is 8.81. The maximum atomic E-state index is 14.0. The second-order valence-electron chi connectivity index (χ2n) is 12.1. The summed E-state index contributed by atoms with van der Waals surface area (Å²) in [6.45, 7) is 5.47. The predicted molar refractivity (Wildman–Crippen MR) is 172 cm³/mol. The third-order valence-electron chi connectivity index (χ3n) is 7.82. The summed E-state index contributed by atoms with van der Waals surface area (Å²) in [5.74, 6) is -1.74. The van der Waals surface area contributed by atoms with Gasteiger partial charge in [0.15, 0.2) is 0 Å². The van der Waals surface area contributed by atoms with E-state index in [0.717, 1.165) is 64.3 Å². The summed E-state index contributed by atoms with van der Waals surface area (Å²) < 4.78 is 14.0. The van der Waals surface area contributed by atoms with E-state index in [0.29, 0.717) is 25.1 Å². The molecule has 45 heavy (non-hydrogen) atoms. The first-order valence-corrected chi connectivity index (χ1v) is 15.5. The van der Waals surface area contributed by atoms with E-state index in [4.69, 9.17) is 15.1 Å².